The highest BCUT2D eigenvalue weighted by atomic mass is 32.2. The zero-order valence-electron chi connectivity index (χ0n) is 20.6. The summed E-state index contributed by atoms with van der Waals surface area (Å²) in [6, 6.07) is 20.2. The Morgan fingerprint density at radius 1 is 0.943 bits per heavy atom. The number of pyridine rings is 2. The Bertz CT molecular complexity index is 1310. The van der Waals surface area contributed by atoms with Crippen molar-refractivity contribution in [2.24, 2.45) is 0 Å². The zero-order chi connectivity index (χ0) is 24.9. The molecule has 4 aromatic rings. The number of hydrogen-bond acceptors (Lipinski definition) is 6. The van der Waals surface area contributed by atoms with Crippen LogP contribution in [-0.2, 0) is 6.42 Å². The Hall–Kier alpha value is -3.51. The molecule has 0 spiro atoms. The number of nitrogens with zero attached hydrogens (tertiary/aromatic N) is 3. The van der Waals surface area contributed by atoms with E-state index in [9.17, 15) is 10.2 Å². The predicted octanol–water partition coefficient (Wildman–Crippen LogP) is 7.43. The minimum atomic E-state index is -0.146. The summed E-state index contributed by atoms with van der Waals surface area (Å²) in [4.78, 5) is 12.1. The van der Waals surface area contributed by atoms with Crippen molar-refractivity contribution in [1.82, 2.24) is 9.97 Å². The highest BCUT2D eigenvalue weighted by molar-refractivity contribution is 7.99. The van der Waals surface area contributed by atoms with E-state index in [1.165, 1.54) is 17.3 Å². The second kappa shape index (κ2) is 10.8. The molecule has 2 aromatic heterocycles. The minimum absolute atomic E-state index is 0.0452. The van der Waals surface area contributed by atoms with E-state index in [1.807, 2.05) is 86.5 Å². The van der Waals surface area contributed by atoms with Crippen LogP contribution in [0.2, 0.25) is 0 Å². The number of hydrogen-bond donors (Lipinski definition) is 2. The lowest BCUT2D eigenvalue weighted by atomic mass is 10.1. The maximum absolute atomic E-state index is 11.4. The fourth-order valence-corrected chi connectivity index (χ4v) is 4.89. The van der Waals surface area contributed by atoms with Crippen LogP contribution in [0, 0.1) is 13.8 Å². The number of aryl methyl sites for hydroxylation is 3. The molecule has 0 aliphatic heterocycles. The number of benzene rings is 2. The highest BCUT2D eigenvalue weighted by Gasteiger charge is 2.23. The SMILES string of the molecule is CCCCc1nc(O)c(Sc2ccc(-c3cccnc3C)cc2)c(O)c1N(C)c1ccc(C)cc1. The molecule has 6 heteroatoms. The highest BCUT2D eigenvalue weighted by Crippen LogP contribution is 2.47. The van der Waals surface area contributed by atoms with Crippen molar-refractivity contribution >= 4 is 23.1 Å². The van der Waals surface area contributed by atoms with E-state index < -0.39 is 0 Å². The molecule has 5 nitrogen and oxygen atoms in total. The molecule has 35 heavy (non-hydrogen) atoms. The van der Waals surface area contributed by atoms with Gasteiger partial charge in [0.05, 0.1) is 5.69 Å². The van der Waals surface area contributed by atoms with Gasteiger partial charge in [-0.3, -0.25) is 4.98 Å². The van der Waals surface area contributed by atoms with Crippen molar-refractivity contribution in [3.63, 3.8) is 0 Å². The van der Waals surface area contributed by atoms with Gasteiger partial charge in [0.15, 0.2) is 5.75 Å². The predicted molar refractivity (Wildman–Crippen MR) is 144 cm³/mol. The normalized spacial score (nSPS) is 11.0. The molecule has 2 heterocycles. The molecule has 2 N–H and O–H groups in total. The molecular formula is C29H31N3O2S. The quantitative estimate of drug-likeness (QED) is 0.270. The van der Waals surface area contributed by atoms with E-state index in [-0.39, 0.29) is 11.6 Å². The first-order chi connectivity index (χ1) is 16.9. The summed E-state index contributed by atoms with van der Waals surface area (Å²) in [6.07, 6.45) is 4.38. The summed E-state index contributed by atoms with van der Waals surface area (Å²) in [6.45, 7) is 6.15. The third kappa shape index (κ3) is 5.43. The summed E-state index contributed by atoms with van der Waals surface area (Å²) in [5.41, 5.74) is 6.56. The monoisotopic (exact) mass is 485 g/mol. The standard InChI is InChI=1S/C29H31N3O2S/c1-5-6-9-25-26(32(4)22-14-10-19(2)11-15-22)27(33)28(29(34)31-25)35-23-16-12-21(13-17-23)24-8-7-18-30-20(24)3/h7-8,10-18H,5-6,9H2,1-4H3,(H2,31,33,34). The Kier molecular flexibility index (Phi) is 7.61. The summed E-state index contributed by atoms with van der Waals surface area (Å²) in [7, 11) is 1.92. The number of anilines is 2. The minimum Gasteiger partial charge on any atom is -0.504 e. The third-order valence-electron chi connectivity index (χ3n) is 6.07. The number of aromatic hydroxyl groups is 2. The molecule has 4 rings (SSSR count). The average Bonchev–Trinajstić information content (AvgIpc) is 2.86. The van der Waals surface area contributed by atoms with E-state index in [0.717, 1.165) is 40.2 Å². The van der Waals surface area contributed by atoms with Gasteiger partial charge in [-0.15, -0.1) is 0 Å². The van der Waals surface area contributed by atoms with Crippen LogP contribution in [0.1, 0.15) is 36.7 Å². The van der Waals surface area contributed by atoms with E-state index in [1.54, 1.807) is 6.20 Å². The van der Waals surface area contributed by atoms with Crippen molar-refractivity contribution in [2.75, 3.05) is 11.9 Å². The van der Waals surface area contributed by atoms with Crippen molar-refractivity contribution in [3.05, 3.63) is 83.8 Å². The topological polar surface area (TPSA) is 69.5 Å². The summed E-state index contributed by atoms with van der Waals surface area (Å²) < 4.78 is 0. The van der Waals surface area contributed by atoms with Gasteiger partial charge >= 0.3 is 0 Å². The van der Waals surface area contributed by atoms with Crippen LogP contribution in [0.5, 0.6) is 11.6 Å². The van der Waals surface area contributed by atoms with Gasteiger partial charge < -0.3 is 15.1 Å². The Labute approximate surface area is 211 Å². The van der Waals surface area contributed by atoms with Gasteiger partial charge in [-0.1, -0.05) is 61.0 Å². The molecule has 0 aliphatic rings. The molecule has 180 valence electrons. The molecule has 0 saturated heterocycles. The number of rotatable bonds is 8. The molecule has 0 saturated carbocycles. The van der Waals surface area contributed by atoms with Crippen molar-refractivity contribution in [3.8, 4) is 22.8 Å². The van der Waals surface area contributed by atoms with Crippen LogP contribution in [0.25, 0.3) is 11.1 Å². The maximum atomic E-state index is 11.4. The maximum Gasteiger partial charge on any atom is 0.229 e. The fraction of sp³-hybridized carbons (Fsp3) is 0.241. The molecule has 0 atom stereocenters. The lowest BCUT2D eigenvalue weighted by Gasteiger charge is -2.25. The smallest absolute Gasteiger partial charge is 0.229 e. The molecule has 0 radical (unpaired) electrons. The van der Waals surface area contributed by atoms with Crippen LogP contribution in [0.4, 0.5) is 11.4 Å². The number of aromatic nitrogens is 2. The lowest BCUT2D eigenvalue weighted by molar-refractivity contribution is 0.410. The molecule has 0 aliphatic carbocycles. The summed E-state index contributed by atoms with van der Waals surface area (Å²) >= 11 is 1.31. The van der Waals surface area contributed by atoms with Crippen molar-refractivity contribution in [1.29, 1.82) is 0 Å². The van der Waals surface area contributed by atoms with Crippen LogP contribution in [0.15, 0.2) is 76.7 Å². The van der Waals surface area contributed by atoms with Gasteiger partial charge in [-0.05, 0) is 62.6 Å². The Balaban J connectivity index is 1.70. The van der Waals surface area contributed by atoms with E-state index in [0.29, 0.717) is 22.7 Å². The lowest BCUT2D eigenvalue weighted by Crippen LogP contribution is -2.14. The molecule has 0 unspecified atom stereocenters. The third-order valence-corrected chi connectivity index (χ3v) is 7.16. The van der Waals surface area contributed by atoms with Crippen molar-refractivity contribution in [2.45, 2.75) is 49.8 Å². The van der Waals surface area contributed by atoms with Gasteiger partial charge in [0.25, 0.3) is 0 Å². The fourth-order valence-electron chi connectivity index (χ4n) is 4.05. The first-order valence-electron chi connectivity index (χ1n) is 11.8. The van der Waals surface area contributed by atoms with E-state index in [4.69, 9.17) is 0 Å². The molecule has 2 aromatic carbocycles. The second-order valence-corrected chi connectivity index (χ2v) is 9.75. The van der Waals surface area contributed by atoms with Gasteiger partial charge in [-0.2, -0.15) is 0 Å². The Morgan fingerprint density at radius 3 is 2.31 bits per heavy atom. The molecule has 0 fully saturated rings. The van der Waals surface area contributed by atoms with Gasteiger partial charge in [-0.25, -0.2) is 4.98 Å². The van der Waals surface area contributed by atoms with Crippen LogP contribution in [0.3, 0.4) is 0 Å². The molecular weight excluding hydrogens is 454 g/mol. The average molecular weight is 486 g/mol. The van der Waals surface area contributed by atoms with E-state index >= 15 is 0 Å². The van der Waals surface area contributed by atoms with Gasteiger partial charge in [0, 0.05) is 35.1 Å². The van der Waals surface area contributed by atoms with Gasteiger partial charge in [0.1, 0.15) is 10.6 Å². The van der Waals surface area contributed by atoms with Crippen molar-refractivity contribution < 1.29 is 10.2 Å². The number of unbranched alkanes of at least 4 members (excludes halogenated alkanes) is 1. The summed E-state index contributed by atoms with van der Waals surface area (Å²) in [5, 5.41) is 22.2. The summed E-state index contributed by atoms with van der Waals surface area (Å²) in [5.74, 6) is -0.101. The Morgan fingerprint density at radius 2 is 1.66 bits per heavy atom. The second-order valence-electron chi connectivity index (χ2n) is 8.67. The van der Waals surface area contributed by atoms with Gasteiger partial charge in [0.2, 0.25) is 5.88 Å². The van der Waals surface area contributed by atoms with E-state index in [2.05, 4.69) is 16.9 Å². The van der Waals surface area contributed by atoms with Crippen LogP contribution < -0.4 is 4.90 Å². The molecule has 0 bridgehead atoms. The molecule has 0 amide bonds. The largest absolute Gasteiger partial charge is 0.504 e. The van der Waals surface area contributed by atoms with Crippen LogP contribution >= 0.6 is 11.8 Å². The van der Waals surface area contributed by atoms with Crippen LogP contribution in [-0.4, -0.2) is 27.2 Å². The first-order valence-corrected chi connectivity index (χ1v) is 12.7. The zero-order valence-corrected chi connectivity index (χ0v) is 21.4. The first kappa shape index (κ1) is 24.6.